The summed E-state index contributed by atoms with van der Waals surface area (Å²) in [4.78, 5) is 0. The van der Waals surface area contributed by atoms with Crippen molar-refractivity contribution in [1.82, 2.24) is 0 Å². The minimum atomic E-state index is 0.872. The maximum Gasteiger partial charge on any atom is -0.0360 e. The first-order valence-corrected chi connectivity index (χ1v) is 10.5. The summed E-state index contributed by atoms with van der Waals surface area (Å²) in [5.41, 5.74) is 0. The molecule has 6 atom stereocenters. The van der Waals surface area contributed by atoms with Gasteiger partial charge in [-0.1, -0.05) is 100 Å². The van der Waals surface area contributed by atoms with Crippen molar-refractivity contribution in [3.05, 3.63) is 0 Å². The van der Waals surface area contributed by atoms with Gasteiger partial charge in [-0.3, -0.25) is 0 Å². The largest absolute Gasteiger partial charge is 0.0654 e. The molecule has 0 nitrogen and oxygen atoms in total. The normalized spacial score (nSPS) is 20.2. The summed E-state index contributed by atoms with van der Waals surface area (Å²) < 4.78 is 0. The second kappa shape index (κ2) is 12.4. The van der Waals surface area contributed by atoms with Crippen LogP contribution in [0.2, 0.25) is 0 Å². The second-order valence-electron chi connectivity index (χ2n) is 8.04. The van der Waals surface area contributed by atoms with Gasteiger partial charge in [0.1, 0.15) is 0 Å². The molecular weight excluding hydrogens is 264 g/mol. The van der Waals surface area contributed by atoms with E-state index in [2.05, 4.69) is 55.4 Å². The molecule has 0 radical (unpaired) electrons. The monoisotopic (exact) mass is 310 g/mol. The Labute approximate surface area is 142 Å². The van der Waals surface area contributed by atoms with Crippen LogP contribution < -0.4 is 0 Å². The van der Waals surface area contributed by atoms with E-state index < -0.39 is 0 Å². The first kappa shape index (κ1) is 22.0. The van der Waals surface area contributed by atoms with Crippen molar-refractivity contribution in [3.8, 4) is 0 Å². The maximum atomic E-state index is 2.52. The van der Waals surface area contributed by atoms with Gasteiger partial charge in [0.15, 0.2) is 0 Å². The Morgan fingerprint density at radius 3 is 1.59 bits per heavy atom. The van der Waals surface area contributed by atoms with E-state index in [9.17, 15) is 0 Å². The van der Waals surface area contributed by atoms with Crippen molar-refractivity contribution in [3.63, 3.8) is 0 Å². The quantitative estimate of drug-likeness (QED) is 0.323. The van der Waals surface area contributed by atoms with Crippen LogP contribution in [-0.2, 0) is 0 Å². The molecule has 0 heterocycles. The highest BCUT2D eigenvalue weighted by atomic mass is 14.4. The van der Waals surface area contributed by atoms with Crippen LogP contribution in [0.4, 0.5) is 0 Å². The average molecular weight is 311 g/mol. The van der Waals surface area contributed by atoms with Gasteiger partial charge in [0, 0.05) is 0 Å². The van der Waals surface area contributed by atoms with Crippen LogP contribution in [0.15, 0.2) is 0 Å². The van der Waals surface area contributed by atoms with Crippen LogP contribution in [0.3, 0.4) is 0 Å². The molecule has 0 N–H and O–H groups in total. The van der Waals surface area contributed by atoms with E-state index in [1.54, 1.807) is 0 Å². The van der Waals surface area contributed by atoms with E-state index in [1.807, 2.05) is 0 Å². The van der Waals surface area contributed by atoms with E-state index in [4.69, 9.17) is 0 Å². The van der Waals surface area contributed by atoms with Crippen LogP contribution in [0.5, 0.6) is 0 Å². The summed E-state index contributed by atoms with van der Waals surface area (Å²) in [6.45, 7) is 19.4. The zero-order valence-electron chi connectivity index (χ0n) is 17.1. The Morgan fingerprint density at radius 2 is 1.18 bits per heavy atom. The molecule has 0 aliphatic heterocycles. The minimum Gasteiger partial charge on any atom is -0.0654 e. The first-order valence-electron chi connectivity index (χ1n) is 10.5. The number of hydrogen-bond acceptors (Lipinski definition) is 0. The van der Waals surface area contributed by atoms with Crippen LogP contribution in [0, 0.1) is 35.5 Å². The van der Waals surface area contributed by atoms with Crippen molar-refractivity contribution in [2.75, 3.05) is 0 Å². The Balaban J connectivity index is 4.94. The van der Waals surface area contributed by atoms with Crippen molar-refractivity contribution < 1.29 is 0 Å². The number of hydrogen-bond donors (Lipinski definition) is 0. The van der Waals surface area contributed by atoms with E-state index >= 15 is 0 Å². The highest BCUT2D eigenvalue weighted by Gasteiger charge is 2.30. The lowest BCUT2D eigenvalue weighted by molar-refractivity contribution is 0.129. The molecule has 0 spiro atoms. The third-order valence-corrected chi connectivity index (χ3v) is 6.63. The number of rotatable bonds is 13. The summed E-state index contributed by atoms with van der Waals surface area (Å²) in [5, 5.41) is 0. The molecule has 0 aromatic rings. The molecule has 0 amide bonds. The van der Waals surface area contributed by atoms with Gasteiger partial charge in [-0.15, -0.1) is 0 Å². The molecule has 0 rings (SSSR count). The lowest BCUT2D eigenvalue weighted by Crippen LogP contribution is -2.28. The summed E-state index contributed by atoms with van der Waals surface area (Å²) in [6, 6.07) is 0. The van der Waals surface area contributed by atoms with E-state index in [-0.39, 0.29) is 0 Å². The third-order valence-electron chi connectivity index (χ3n) is 6.63. The zero-order chi connectivity index (χ0) is 17.1. The lowest BCUT2D eigenvalue weighted by Gasteiger charge is -2.37. The highest BCUT2D eigenvalue weighted by Crippen LogP contribution is 2.39. The molecule has 0 aliphatic rings. The molecular formula is C22H46. The SMILES string of the molecule is CCCC(C)C(CCC)CC(CC)C(CC)C(C)C(C)CC. The summed E-state index contributed by atoms with van der Waals surface area (Å²) in [6.07, 6.45) is 11.1. The first-order chi connectivity index (χ1) is 10.5. The van der Waals surface area contributed by atoms with E-state index in [1.165, 1.54) is 51.4 Å². The molecule has 0 aromatic carbocycles. The molecule has 6 unspecified atom stereocenters. The fourth-order valence-electron chi connectivity index (χ4n) is 4.66. The van der Waals surface area contributed by atoms with Crippen LogP contribution in [0.1, 0.15) is 107 Å². The summed E-state index contributed by atoms with van der Waals surface area (Å²) in [7, 11) is 0. The van der Waals surface area contributed by atoms with Crippen molar-refractivity contribution >= 4 is 0 Å². The summed E-state index contributed by atoms with van der Waals surface area (Å²) >= 11 is 0. The predicted molar refractivity (Wildman–Crippen MR) is 103 cm³/mol. The standard InChI is InChI=1S/C22H46/c1-9-14-18(7)21(15-10-2)16-20(12-4)22(13-5)19(8)17(6)11-3/h17-22H,9-16H2,1-8H3. The predicted octanol–water partition coefficient (Wildman–Crippen LogP) is 7.96. The Morgan fingerprint density at radius 1 is 0.591 bits per heavy atom. The zero-order valence-corrected chi connectivity index (χ0v) is 17.1. The molecule has 0 heteroatoms. The van der Waals surface area contributed by atoms with E-state index in [0.717, 1.165) is 35.5 Å². The molecule has 0 saturated heterocycles. The molecule has 0 aliphatic carbocycles. The van der Waals surface area contributed by atoms with Crippen LogP contribution >= 0.6 is 0 Å². The van der Waals surface area contributed by atoms with Gasteiger partial charge in [-0.05, 0) is 41.9 Å². The fourth-order valence-corrected chi connectivity index (χ4v) is 4.66. The van der Waals surface area contributed by atoms with Gasteiger partial charge in [-0.2, -0.15) is 0 Å². The molecule has 0 saturated carbocycles. The Hall–Kier alpha value is 0. The summed E-state index contributed by atoms with van der Waals surface area (Å²) in [5.74, 6) is 5.47. The maximum absolute atomic E-state index is 2.52. The average Bonchev–Trinajstić information content (AvgIpc) is 2.52. The van der Waals surface area contributed by atoms with E-state index in [0.29, 0.717) is 0 Å². The molecule has 134 valence electrons. The molecule has 22 heavy (non-hydrogen) atoms. The van der Waals surface area contributed by atoms with Gasteiger partial charge in [0.05, 0.1) is 0 Å². The van der Waals surface area contributed by atoms with Crippen LogP contribution in [-0.4, -0.2) is 0 Å². The van der Waals surface area contributed by atoms with Crippen molar-refractivity contribution in [2.24, 2.45) is 35.5 Å². The van der Waals surface area contributed by atoms with Gasteiger partial charge in [0.25, 0.3) is 0 Å². The second-order valence-corrected chi connectivity index (χ2v) is 8.04. The Kier molecular flexibility index (Phi) is 12.4. The van der Waals surface area contributed by atoms with Gasteiger partial charge in [0.2, 0.25) is 0 Å². The van der Waals surface area contributed by atoms with Crippen LogP contribution in [0.25, 0.3) is 0 Å². The van der Waals surface area contributed by atoms with Crippen molar-refractivity contribution in [2.45, 2.75) is 107 Å². The molecule has 0 aromatic heterocycles. The minimum absolute atomic E-state index is 0.872. The van der Waals surface area contributed by atoms with Gasteiger partial charge < -0.3 is 0 Å². The third kappa shape index (κ3) is 7.05. The topological polar surface area (TPSA) is 0 Å². The smallest absolute Gasteiger partial charge is 0.0360 e. The Bertz CT molecular complexity index is 244. The molecule has 0 bridgehead atoms. The lowest BCUT2D eigenvalue weighted by atomic mass is 9.69. The fraction of sp³-hybridized carbons (Fsp3) is 1.00. The van der Waals surface area contributed by atoms with Gasteiger partial charge >= 0.3 is 0 Å². The van der Waals surface area contributed by atoms with Crippen molar-refractivity contribution in [1.29, 1.82) is 0 Å². The van der Waals surface area contributed by atoms with Gasteiger partial charge in [-0.25, -0.2) is 0 Å². The highest BCUT2D eigenvalue weighted by molar-refractivity contribution is 4.80. The molecule has 0 fully saturated rings.